The molecule has 1 aromatic heterocycles. The zero-order valence-corrected chi connectivity index (χ0v) is 11.1. The molecule has 19 heavy (non-hydrogen) atoms. The van der Waals surface area contributed by atoms with Gasteiger partial charge in [0.1, 0.15) is 0 Å². The van der Waals surface area contributed by atoms with E-state index in [0.717, 1.165) is 16.6 Å². The van der Waals surface area contributed by atoms with Crippen LogP contribution in [0.25, 0.3) is 11.0 Å². The molecular weight excluding hydrogens is 246 g/mol. The lowest BCUT2D eigenvalue weighted by Gasteiger charge is -2.15. The van der Waals surface area contributed by atoms with E-state index in [-0.39, 0.29) is 0 Å². The van der Waals surface area contributed by atoms with Crippen LogP contribution in [0, 0.1) is 0 Å². The Labute approximate surface area is 110 Å². The molecule has 0 spiro atoms. The van der Waals surface area contributed by atoms with Gasteiger partial charge >= 0.3 is 11.9 Å². The minimum atomic E-state index is -0.860. The highest BCUT2D eigenvalue weighted by Crippen LogP contribution is 2.15. The largest absolute Gasteiger partial charge is 0.462 e. The van der Waals surface area contributed by atoms with Gasteiger partial charge in [0.25, 0.3) is 0 Å². The number of ether oxygens (including phenoxy) is 1. The molecule has 1 aromatic carbocycles. The summed E-state index contributed by atoms with van der Waals surface area (Å²) in [5.74, 6) is -1.52. The molecule has 0 saturated heterocycles. The summed E-state index contributed by atoms with van der Waals surface area (Å²) in [6.45, 7) is 0.334. The molecule has 0 saturated carbocycles. The van der Waals surface area contributed by atoms with E-state index in [1.165, 1.54) is 12.0 Å². The molecule has 0 aliphatic rings. The van der Waals surface area contributed by atoms with Crippen molar-refractivity contribution in [1.29, 1.82) is 0 Å². The van der Waals surface area contributed by atoms with Crippen LogP contribution in [0.1, 0.15) is 5.56 Å². The van der Waals surface area contributed by atoms with Gasteiger partial charge in [-0.15, -0.1) is 0 Å². The third-order valence-electron chi connectivity index (χ3n) is 2.92. The van der Waals surface area contributed by atoms with Crippen LogP contribution < -0.4 is 0 Å². The van der Waals surface area contributed by atoms with Crippen molar-refractivity contribution < 1.29 is 14.3 Å². The highest BCUT2D eigenvalue weighted by Gasteiger charge is 2.19. The minimum absolute atomic E-state index is 0.334. The molecule has 0 aliphatic heterocycles. The van der Waals surface area contributed by atoms with Gasteiger partial charge < -0.3 is 14.2 Å². The first-order chi connectivity index (χ1) is 9.02. The van der Waals surface area contributed by atoms with E-state index in [0.29, 0.717) is 6.54 Å². The number of aryl methyl sites for hydroxylation is 1. The number of hydrogen-bond acceptors (Lipinski definition) is 4. The number of benzene rings is 1. The van der Waals surface area contributed by atoms with Gasteiger partial charge in [-0.3, -0.25) is 4.79 Å². The van der Waals surface area contributed by atoms with Crippen molar-refractivity contribution in [2.75, 3.05) is 14.2 Å². The smallest absolute Gasteiger partial charge is 0.396 e. The monoisotopic (exact) mass is 261 g/mol. The molecule has 2 rings (SSSR count). The number of nitrogens with zero attached hydrogens (tertiary/aromatic N) is 3. The standard InChI is InChI=1S/C13H15N3O3/c1-15(12(17)13(18)19-3)7-9-4-5-11-10(6-9)14-8-16(11)2/h4-6,8H,7H2,1-3H3. The molecule has 1 amide bonds. The summed E-state index contributed by atoms with van der Waals surface area (Å²) in [5, 5.41) is 0. The Bertz CT molecular complexity index is 633. The van der Waals surface area contributed by atoms with E-state index >= 15 is 0 Å². The third-order valence-corrected chi connectivity index (χ3v) is 2.92. The highest BCUT2D eigenvalue weighted by molar-refractivity contribution is 6.32. The number of fused-ring (bicyclic) bond motifs is 1. The second-order valence-corrected chi connectivity index (χ2v) is 4.33. The number of rotatable bonds is 2. The van der Waals surface area contributed by atoms with Crippen molar-refractivity contribution in [1.82, 2.24) is 14.5 Å². The Kier molecular flexibility index (Phi) is 3.50. The number of likely N-dealkylation sites (N-methyl/N-ethyl adjacent to an activating group) is 1. The van der Waals surface area contributed by atoms with Crippen LogP contribution in [-0.2, 0) is 27.9 Å². The number of imidazole rings is 1. The molecule has 6 heteroatoms. The Morgan fingerprint density at radius 1 is 1.42 bits per heavy atom. The van der Waals surface area contributed by atoms with Gasteiger partial charge in [-0.1, -0.05) is 6.07 Å². The lowest BCUT2D eigenvalue weighted by atomic mass is 10.2. The Hall–Kier alpha value is -2.37. The number of esters is 1. The third kappa shape index (κ3) is 2.57. The maximum absolute atomic E-state index is 11.6. The summed E-state index contributed by atoms with van der Waals surface area (Å²) in [5.41, 5.74) is 2.79. The second-order valence-electron chi connectivity index (χ2n) is 4.33. The maximum Gasteiger partial charge on any atom is 0.396 e. The molecule has 0 aliphatic carbocycles. The Morgan fingerprint density at radius 2 is 2.16 bits per heavy atom. The van der Waals surface area contributed by atoms with Crippen molar-refractivity contribution in [2.45, 2.75) is 6.54 Å². The number of methoxy groups -OCH3 is 1. The number of carbonyl (C=O) groups excluding carboxylic acids is 2. The van der Waals surface area contributed by atoms with Gasteiger partial charge in [-0.2, -0.15) is 0 Å². The van der Waals surface area contributed by atoms with Crippen LogP contribution in [0.5, 0.6) is 0 Å². The second kappa shape index (κ2) is 5.09. The fraction of sp³-hybridized carbons (Fsp3) is 0.308. The van der Waals surface area contributed by atoms with Gasteiger partial charge in [0.2, 0.25) is 0 Å². The van der Waals surface area contributed by atoms with Crippen molar-refractivity contribution in [3.8, 4) is 0 Å². The van der Waals surface area contributed by atoms with Crippen LogP contribution in [0.15, 0.2) is 24.5 Å². The van der Waals surface area contributed by atoms with Crippen LogP contribution in [0.2, 0.25) is 0 Å². The lowest BCUT2D eigenvalue weighted by molar-refractivity contribution is -0.157. The molecule has 0 fully saturated rings. The first-order valence-electron chi connectivity index (χ1n) is 5.76. The normalized spacial score (nSPS) is 10.5. The van der Waals surface area contributed by atoms with Gasteiger partial charge in [0, 0.05) is 20.6 Å². The molecule has 0 atom stereocenters. The van der Waals surface area contributed by atoms with Crippen LogP contribution in [-0.4, -0.2) is 40.5 Å². The predicted molar refractivity (Wildman–Crippen MR) is 69.2 cm³/mol. The maximum atomic E-state index is 11.6. The van der Waals surface area contributed by atoms with E-state index in [1.807, 2.05) is 29.8 Å². The minimum Gasteiger partial charge on any atom is -0.462 e. The lowest BCUT2D eigenvalue weighted by Crippen LogP contribution is -2.33. The highest BCUT2D eigenvalue weighted by atomic mass is 16.5. The molecule has 100 valence electrons. The molecule has 0 unspecified atom stereocenters. The number of aromatic nitrogens is 2. The number of amides is 1. The first-order valence-corrected chi connectivity index (χ1v) is 5.76. The fourth-order valence-electron chi connectivity index (χ4n) is 1.87. The molecule has 0 N–H and O–H groups in total. The average molecular weight is 261 g/mol. The van der Waals surface area contributed by atoms with Gasteiger partial charge in [0.05, 0.1) is 24.5 Å². The van der Waals surface area contributed by atoms with Crippen molar-refractivity contribution in [3.63, 3.8) is 0 Å². The summed E-state index contributed by atoms with van der Waals surface area (Å²) >= 11 is 0. The van der Waals surface area contributed by atoms with E-state index in [4.69, 9.17) is 0 Å². The quantitative estimate of drug-likeness (QED) is 0.590. The Morgan fingerprint density at radius 3 is 2.84 bits per heavy atom. The number of carbonyl (C=O) groups is 2. The molecule has 0 radical (unpaired) electrons. The van der Waals surface area contributed by atoms with Crippen molar-refractivity contribution in [2.24, 2.45) is 7.05 Å². The number of hydrogen-bond donors (Lipinski definition) is 0. The summed E-state index contributed by atoms with van der Waals surface area (Å²) in [7, 11) is 4.66. The molecule has 6 nitrogen and oxygen atoms in total. The van der Waals surface area contributed by atoms with Crippen molar-refractivity contribution in [3.05, 3.63) is 30.1 Å². The van der Waals surface area contributed by atoms with Gasteiger partial charge in [0.15, 0.2) is 0 Å². The topological polar surface area (TPSA) is 64.4 Å². The predicted octanol–water partition coefficient (Wildman–Crippen LogP) is 0.705. The summed E-state index contributed by atoms with van der Waals surface area (Å²) in [4.78, 5) is 28.3. The van der Waals surface area contributed by atoms with Crippen molar-refractivity contribution >= 4 is 22.9 Å². The average Bonchev–Trinajstić information content (AvgIpc) is 2.78. The van der Waals surface area contributed by atoms with Crippen LogP contribution in [0.4, 0.5) is 0 Å². The SMILES string of the molecule is COC(=O)C(=O)N(C)Cc1ccc2c(c1)ncn2C. The fourth-order valence-corrected chi connectivity index (χ4v) is 1.87. The van der Waals surface area contributed by atoms with E-state index < -0.39 is 11.9 Å². The zero-order chi connectivity index (χ0) is 14.0. The molecular formula is C13H15N3O3. The van der Waals surface area contributed by atoms with Gasteiger partial charge in [-0.05, 0) is 17.7 Å². The molecule has 2 aromatic rings. The van der Waals surface area contributed by atoms with Crippen LogP contribution >= 0.6 is 0 Å². The summed E-state index contributed by atoms with van der Waals surface area (Å²) in [6, 6.07) is 5.75. The van der Waals surface area contributed by atoms with E-state index in [9.17, 15) is 9.59 Å². The Balaban J connectivity index is 2.17. The van der Waals surface area contributed by atoms with Gasteiger partial charge in [-0.25, -0.2) is 9.78 Å². The first kappa shape index (κ1) is 13.1. The molecule has 0 bridgehead atoms. The summed E-state index contributed by atoms with van der Waals surface area (Å²) in [6.07, 6.45) is 1.73. The van der Waals surface area contributed by atoms with Crippen LogP contribution in [0.3, 0.4) is 0 Å². The molecule has 1 heterocycles. The zero-order valence-electron chi connectivity index (χ0n) is 11.1. The van der Waals surface area contributed by atoms with E-state index in [1.54, 1.807) is 13.4 Å². The van der Waals surface area contributed by atoms with E-state index in [2.05, 4.69) is 9.72 Å². The summed E-state index contributed by atoms with van der Waals surface area (Å²) < 4.78 is 6.32.